The van der Waals surface area contributed by atoms with E-state index in [0.717, 1.165) is 12.8 Å². The molecular formula is C24H20FN3O2. The Balaban J connectivity index is 1.34. The molecule has 0 saturated heterocycles. The molecule has 0 spiro atoms. The fourth-order valence-corrected chi connectivity index (χ4v) is 3.76. The third-order valence-electron chi connectivity index (χ3n) is 5.55. The van der Waals surface area contributed by atoms with E-state index in [1.165, 1.54) is 29.0 Å². The van der Waals surface area contributed by atoms with Crippen molar-refractivity contribution in [2.24, 2.45) is 0 Å². The van der Waals surface area contributed by atoms with Crippen molar-refractivity contribution in [2.75, 3.05) is 0 Å². The van der Waals surface area contributed by atoms with Crippen molar-refractivity contribution < 1.29 is 13.7 Å². The molecule has 0 atom stereocenters. The van der Waals surface area contributed by atoms with Crippen LogP contribution in [0.3, 0.4) is 0 Å². The van der Waals surface area contributed by atoms with E-state index >= 15 is 0 Å². The topological polar surface area (TPSA) is 61.0 Å². The molecule has 30 heavy (non-hydrogen) atoms. The van der Waals surface area contributed by atoms with Crippen molar-refractivity contribution in [3.8, 4) is 23.0 Å². The summed E-state index contributed by atoms with van der Waals surface area (Å²) in [7, 11) is 0. The highest BCUT2D eigenvalue weighted by atomic mass is 19.1. The van der Waals surface area contributed by atoms with E-state index in [2.05, 4.69) is 58.4 Å². The number of halogens is 1. The Morgan fingerprint density at radius 2 is 1.60 bits per heavy atom. The summed E-state index contributed by atoms with van der Waals surface area (Å²) < 4.78 is 25.1. The first kappa shape index (κ1) is 18.5. The molecule has 1 aliphatic carbocycles. The Kier molecular flexibility index (Phi) is 4.35. The summed E-state index contributed by atoms with van der Waals surface area (Å²) in [5.41, 5.74) is 4.01. The highest BCUT2D eigenvalue weighted by Gasteiger charge is 2.45. The van der Waals surface area contributed by atoms with Gasteiger partial charge < -0.3 is 9.26 Å². The molecule has 150 valence electrons. The van der Waals surface area contributed by atoms with Crippen LogP contribution in [-0.4, -0.2) is 15.1 Å². The second-order valence-electron chi connectivity index (χ2n) is 7.71. The minimum Gasteiger partial charge on any atom is -0.456 e. The summed E-state index contributed by atoms with van der Waals surface area (Å²) in [5.74, 6) is 0.838. The number of benzene rings is 2. The van der Waals surface area contributed by atoms with E-state index < -0.39 is 5.82 Å². The molecular weight excluding hydrogens is 381 g/mol. The minimum absolute atomic E-state index is 0.0309. The van der Waals surface area contributed by atoms with Crippen LogP contribution >= 0.6 is 0 Å². The molecule has 5 nitrogen and oxygen atoms in total. The van der Waals surface area contributed by atoms with Crippen molar-refractivity contribution in [3.63, 3.8) is 0 Å². The number of aromatic nitrogens is 3. The highest BCUT2D eigenvalue weighted by Crippen LogP contribution is 2.53. The fraction of sp³-hybridized carbons (Fsp3) is 0.208. The van der Waals surface area contributed by atoms with E-state index in [-0.39, 0.29) is 16.9 Å². The van der Waals surface area contributed by atoms with Crippen molar-refractivity contribution in [1.82, 2.24) is 15.1 Å². The van der Waals surface area contributed by atoms with Crippen molar-refractivity contribution >= 4 is 0 Å². The van der Waals surface area contributed by atoms with Gasteiger partial charge in [0, 0.05) is 18.4 Å². The molecule has 6 heteroatoms. The van der Waals surface area contributed by atoms with Gasteiger partial charge in [-0.2, -0.15) is 4.98 Å². The van der Waals surface area contributed by atoms with Crippen molar-refractivity contribution in [1.29, 1.82) is 0 Å². The van der Waals surface area contributed by atoms with E-state index in [4.69, 9.17) is 9.26 Å². The number of nitrogens with zero attached hydrogens (tertiary/aromatic N) is 3. The minimum atomic E-state index is -0.568. The average molecular weight is 401 g/mol. The zero-order valence-electron chi connectivity index (χ0n) is 16.7. The lowest BCUT2D eigenvalue weighted by atomic mass is 9.88. The monoisotopic (exact) mass is 401 g/mol. The van der Waals surface area contributed by atoms with Crippen LogP contribution in [0.15, 0.2) is 65.3 Å². The molecule has 1 aliphatic rings. The van der Waals surface area contributed by atoms with Gasteiger partial charge in [-0.25, -0.2) is 9.37 Å². The Hall–Kier alpha value is -3.54. The molecule has 0 unspecified atom stereocenters. The molecule has 2 heterocycles. The Morgan fingerprint density at radius 1 is 0.933 bits per heavy atom. The maximum atomic E-state index is 14.4. The maximum absolute atomic E-state index is 14.4. The Bertz CT molecular complexity index is 1200. The molecule has 1 saturated carbocycles. The van der Waals surface area contributed by atoms with Crippen LogP contribution in [0.5, 0.6) is 11.5 Å². The first-order valence-electron chi connectivity index (χ1n) is 9.85. The van der Waals surface area contributed by atoms with Gasteiger partial charge in [-0.05, 0) is 43.0 Å². The van der Waals surface area contributed by atoms with Crippen LogP contribution in [0.1, 0.15) is 35.4 Å². The van der Waals surface area contributed by atoms with Gasteiger partial charge in [0.15, 0.2) is 5.82 Å². The van der Waals surface area contributed by atoms with Crippen LogP contribution < -0.4 is 4.74 Å². The molecule has 0 N–H and O–H groups in total. The second-order valence-corrected chi connectivity index (χ2v) is 7.71. The van der Waals surface area contributed by atoms with E-state index in [9.17, 15) is 4.39 Å². The van der Waals surface area contributed by atoms with Crippen LogP contribution in [0.4, 0.5) is 4.39 Å². The third kappa shape index (κ3) is 3.34. The van der Waals surface area contributed by atoms with E-state index in [0.29, 0.717) is 17.4 Å². The molecule has 1 fully saturated rings. The van der Waals surface area contributed by atoms with Gasteiger partial charge in [0.05, 0.1) is 6.20 Å². The summed E-state index contributed by atoms with van der Waals surface area (Å²) in [6.45, 7) is 3.74. The van der Waals surface area contributed by atoms with E-state index in [1.807, 2.05) is 12.1 Å². The predicted molar refractivity (Wildman–Crippen MR) is 110 cm³/mol. The van der Waals surface area contributed by atoms with Gasteiger partial charge in [-0.15, -0.1) is 0 Å². The fourth-order valence-electron chi connectivity index (χ4n) is 3.76. The third-order valence-corrected chi connectivity index (χ3v) is 5.55. The zero-order chi connectivity index (χ0) is 20.7. The van der Waals surface area contributed by atoms with E-state index in [1.54, 1.807) is 6.92 Å². The second kappa shape index (κ2) is 7.06. The largest absolute Gasteiger partial charge is 0.456 e. The summed E-state index contributed by atoms with van der Waals surface area (Å²) in [6.07, 6.45) is 3.73. The van der Waals surface area contributed by atoms with Crippen LogP contribution in [0.2, 0.25) is 0 Å². The molecule has 4 aromatic rings. The highest BCUT2D eigenvalue weighted by molar-refractivity contribution is 5.51. The number of ether oxygens (including phenoxy) is 1. The van der Waals surface area contributed by atoms with Gasteiger partial charge >= 0.3 is 0 Å². The lowest BCUT2D eigenvalue weighted by molar-refractivity contribution is 0.394. The molecule has 0 aliphatic heterocycles. The standard InChI is InChI=1S/C24H20FN3O2/c1-15-3-5-17(6-4-15)24(11-12-24)18-7-9-19(10-8-18)29-20-13-21(25)22(26-14-20)23-27-16(2)30-28-23/h3-10,13-14H,11-12H2,1-2H3. The summed E-state index contributed by atoms with van der Waals surface area (Å²) in [5, 5.41) is 3.70. The Labute approximate surface area is 173 Å². The maximum Gasteiger partial charge on any atom is 0.224 e. The SMILES string of the molecule is Cc1ccc(C2(c3ccc(Oc4cnc(-c5noc(C)n5)c(F)c4)cc3)CC2)cc1. The molecule has 0 amide bonds. The molecule has 5 rings (SSSR count). The first-order valence-corrected chi connectivity index (χ1v) is 9.85. The van der Waals surface area contributed by atoms with Crippen LogP contribution in [-0.2, 0) is 5.41 Å². The average Bonchev–Trinajstić information content (AvgIpc) is 3.44. The van der Waals surface area contributed by atoms with Gasteiger partial charge in [-0.1, -0.05) is 47.1 Å². The van der Waals surface area contributed by atoms with Gasteiger partial charge in [0.2, 0.25) is 11.7 Å². The van der Waals surface area contributed by atoms with Crippen LogP contribution in [0.25, 0.3) is 11.5 Å². The van der Waals surface area contributed by atoms with Gasteiger partial charge in [0.25, 0.3) is 0 Å². The van der Waals surface area contributed by atoms with Crippen molar-refractivity contribution in [3.05, 3.63) is 89.2 Å². The zero-order valence-corrected chi connectivity index (χ0v) is 16.7. The first-order chi connectivity index (χ1) is 14.5. The summed E-state index contributed by atoms with van der Waals surface area (Å²) in [4.78, 5) is 8.09. The number of hydrogen-bond donors (Lipinski definition) is 0. The summed E-state index contributed by atoms with van der Waals surface area (Å²) >= 11 is 0. The number of aryl methyl sites for hydroxylation is 2. The van der Waals surface area contributed by atoms with Gasteiger partial charge in [-0.3, -0.25) is 0 Å². The summed E-state index contributed by atoms with van der Waals surface area (Å²) in [6, 6.07) is 18.0. The number of hydrogen-bond acceptors (Lipinski definition) is 5. The van der Waals surface area contributed by atoms with Crippen molar-refractivity contribution in [2.45, 2.75) is 32.1 Å². The molecule has 2 aromatic carbocycles. The number of pyridine rings is 1. The number of rotatable bonds is 5. The smallest absolute Gasteiger partial charge is 0.224 e. The van der Waals surface area contributed by atoms with Gasteiger partial charge in [0.1, 0.15) is 17.2 Å². The van der Waals surface area contributed by atoms with Crippen LogP contribution in [0, 0.1) is 19.7 Å². The molecule has 0 bridgehead atoms. The quantitative estimate of drug-likeness (QED) is 0.425. The Morgan fingerprint density at radius 3 is 2.17 bits per heavy atom. The molecule has 0 radical (unpaired) electrons. The predicted octanol–water partition coefficient (Wildman–Crippen LogP) is 5.76. The molecule has 2 aromatic heterocycles. The lowest BCUT2D eigenvalue weighted by Crippen LogP contribution is -2.08. The lowest BCUT2D eigenvalue weighted by Gasteiger charge is -2.17. The normalized spacial score (nSPS) is 14.5.